The van der Waals surface area contributed by atoms with E-state index in [1.54, 1.807) is 13.8 Å². The van der Waals surface area contributed by atoms with E-state index in [2.05, 4.69) is 0 Å². The standard InChI is InChI=1S/C11H18O5S/c1-11(2,3-5-17-6-4-12)8(10(15)16)7-9(13)14/h7,12H,3-6H2,1-2H3,(H,13,14)(H,15,16). The lowest BCUT2D eigenvalue weighted by Gasteiger charge is -2.24. The highest BCUT2D eigenvalue weighted by molar-refractivity contribution is 7.99. The molecule has 0 saturated carbocycles. The summed E-state index contributed by atoms with van der Waals surface area (Å²) in [5.41, 5.74) is -0.804. The number of aliphatic hydroxyl groups is 1. The number of carbonyl (C=O) groups is 2. The second kappa shape index (κ2) is 7.34. The van der Waals surface area contributed by atoms with Gasteiger partial charge in [0.25, 0.3) is 0 Å². The van der Waals surface area contributed by atoms with Gasteiger partial charge in [-0.1, -0.05) is 13.8 Å². The van der Waals surface area contributed by atoms with Crippen LogP contribution in [0, 0.1) is 5.41 Å². The highest BCUT2D eigenvalue weighted by Gasteiger charge is 2.29. The van der Waals surface area contributed by atoms with E-state index < -0.39 is 17.4 Å². The molecule has 17 heavy (non-hydrogen) atoms. The van der Waals surface area contributed by atoms with Crippen LogP contribution in [-0.2, 0) is 9.59 Å². The van der Waals surface area contributed by atoms with Gasteiger partial charge < -0.3 is 15.3 Å². The van der Waals surface area contributed by atoms with Gasteiger partial charge in [-0.05, 0) is 17.6 Å². The van der Waals surface area contributed by atoms with Crippen molar-refractivity contribution in [3.8, 4) is 0 Å². The predicted molar refractivity (Wildman–Crippen MR) is 66.2 cm³/mol. The highest BCUT2D eigenvalue weighted by atomic mass is 32.2. The van der Waals surface area contributed by atoms with Gasteiger partial charge >= 0.3 is 11.9 Å². The summed E-state index contributed by atoms with van der Waals surface area (Å²) in [5, 5.41) is 26.2. The van der Waals surface area contributed by atoms with Crippen LogP contribution in [0.3, 0.4) is 0 Å². The van der Waals surface area contributed by atoms with E-state index in [9.17, 15) is 9.59 Å². The maximum atomic E-state index is 11.0. The number of hydrogen-bond donors (Lipinski definition) is 3. The largest absolute Gasteiger partial charge is 0.478 e. The van der Waals surface area contributed by atoms with Crippen LogP contribution >= 0.6 is 11.8 Å². The highest BCUT2D eigenvalue weighted by Crippen LogP contribution is 2.31. The number of rotatable bonds is 8. The normalized spacial score (nSPS) is 12.5. The molecule has 0 aliphatic heterocycles. The Morgan fingerprint density at radius 3 is 2.24 bits per heavy atom. The number of hydrogen-bond acceptors (Lipinski definition) is 4. The van der Waals surface area contributed by atoms with Gasteiger partial charge in [-0.15, -0.1) is 0 Å². The molecule has 6 heteroatoms. The van der Waals surface area contributed by atoms with Crippen LogP contribution in [0.25, 0.3) is 0 Å². The third kappa shape index (κ3) is 6.33. The molecule has 0 aliphatic rings. The maximum absolute atomic E-state index is 11.0. The van der Waals surface area contributed by atoms with Crippen LogP contribution in [0.4, 0.5) is 0 Å². The Balaban J connectivity index is 4.62. The lowest BCUT2D eigenvalue weighted by atomic mass is 9.81. The van der Waals surface area contributed by atoms with Gasteiger partial charge in [0, 0.05) is 17.4 Å². The van der Waals surface area contributed by atoms with E-state index in [0.717, 1.165) is 6.08 Å². The summed E-state index contributed by atoms with van der Waals surface area (Å²) in [7, 11) is 0. The Hall–Kier alpha value is -1.01. The molecule has 0 aromatic rings. The molecule has 0 atom stereocenters. The molecular formula is C11H18O5S. The van der Waals surface area contributed by atoms with Crippen LogP contribution in [0.5, 0.6) is 0 Å². The van der Waals surface area contributed by atoms with Gasteiger partial charge in [-0.3, -0.25) is 0 Å². The van der Waals surface area contributed by atoms with Crippen molar-refractivity contribution < 1.29 is 24.9 Å². The molecule has 0 rings (SSSR count). The Bertz CT molecular complexity index is 309. The van der Waals surface area contributed by atoms with Crippen molar-refractivity contribution in [2.75, 3.05) is 18.1 Å². The second-order valence-electron chi connectivity index (χ2n) is 4.17. The summed E-state index contributed by atoms with van der Waals surface area (Å²) in [6.45, 7) is 3.49. The molecule has 0 bridgehead atoms. The van der Waals surface area contributed by atoms with Crippen molar-refractivity contribution >= 4 is 23.7 Å². The van der Waals surface area contributed by atoms with E-state index >= 15 is 0 Å². The molecular weight excluding hydrogens is 244 g/mol. The Kier molecular flexibility index (Phi) is 6.91. The number of aliphatic carboxylic acids is 2. The van der Waals surface area contributed by atoms with Crippen LogP contribution in [-0.4, -0.2) is 45.4 Å². The fourth-order valence-corrected chi connectivity index (χ4v) is 2.29. The minimum absolute atomic E-state index is 0.0852. The number of thioether (sulfide) groups is 1. The van der Waals surface area contributed by atoms with Gasteiger partial charge in [0.05, 0.1) is 6.61 Å². The van der Waals surface area contributed by atoms with Crippen molar-refractivity contribution in [3.05, 3.63) is 11.6 Å². The van der Waals surface area contributed by atoms with Gasteiger partial charge in [0.2, 0.25) is 0 Å². The number of aliphatic hydroxyl groups excluding tert-OH is 1. The monoisotopic (exact) mass is 262 g/mol. The second-order valence-corrected chi connectivity index (χ2v) is 5.40. The van der Waals surface area contributed by atoms with Crippen LogP contribution < -0.4 is 0 Å². The SMILES string of the molecule is CC(C)(CCSCCO)C(=CC(=O)O)C(=O)O. The summed E-state index contributed by atoms with van der Waals surface area (Å²) in [5.74, 6) is -1.18. The Morgan fingerprint density at radius 1 is 1.24 bits per heavy atom. The van der Waals surface area contributed by atoms with Crippen molar-refractivity contribution in [3.63, 3.8) is 0 Å². The molecule has 0 aromatic heterocycles. The van der Waals surface area contributed by atoms with Crippen LogP contribution in [0.2, 0.25) is 0 Å². The first-order chi connectivity index (χ1) is 7.81. The molecule has 3 N–H and O–H groups in total. The molecule has 98 valence electrons. The molecule has 0 fully saturated rings. The summed E-state index contributed by atoms with van der Waals surface area (Å²) >= 11 is 1.51. The van der Waals surface area contributed by atoms with E-state index in [1.807, 2.05) is 0 Å². The molecule has 0 unspecified atom stereocenters. The van der Waals surface area contributed by atoms with Gasteiger partial charge in [0.1, 0.15) is 0 Å². The van der Waals surface area contributed by atoms with Gasteiger partial charge in [-0.2, -0.15) is 11.8 Å². The average molecular weight is 262 g/mol. The molecule has 5 nitrogen and oxygen atoms in total. The maximum Gasteiger partial charge on any atom is 0.332 e. The number of carboxylic acids is 2. The van der Waals surface area contributed by atoms with Gasteiger partial charge in [0.15, 0.2) is 0 Å². The van der Waals surface area contributed by atoms with Crippen molar-refractivity contribution in [2.45, 2.75) is 20.3 Å². The van der Waals surface area contributed by atoms with E-state index in [-0.39, 0.29) is 12.2 Å². The van der Waals surface area contributed by atoms with E-state index in [1.165, 1.54) is 11.8 Å². The topological polar surface area (TPSA) is 94.8 Å². The van der Waals surface area contributed by atoms with Crippen molar-refractivity contribution in [2.24, 2.45) is 5.41 Å². The molecule has 0 amide bonds. The zero-order chi connectivity index (χ0) is 13.5. The molecule has 0 aromatic carbocycles. The van der Waals surface area contributed by atoms with Crippen LogP contribution in [0.1, 0.15) is 20.3 Å². The number of carboxylic acid groups (broad SMARTS) is 2. The smallest absolute Gasteiger partial charge is 0.332 e. The summed E-state index contributed by atoms with van der Waals surface area (Å²) < 4.78 is 0. The van der Waals surface area contributed by atoms with E-state index in [4.69, 9.17) is 15.3 Å². The Labute approximate surface area is 105 Å². The molecule has 0 heterocycles. The predicted octanol–water partition coefficient (Wildman–Crippen LogP) is 1.22. The minimum Gasteiger partial charge on any atom is -0.478 e. The fraction of sp³-hybridized carbons (Fsp3) is 0.636. The quantitative estimate of drug-likeness (QED) is 0.450. The summed E-state index contributed by atoms with van der Waals surface area (Å²) in [6.07, 6.45) is 1.29. The first-order valence-corrected chi connectivity index (χ1v) is 6.33. The third-order valence-corrected chi connectivity index (χ3v) is 3.30. The van der Waals surface area contributed by atoms with Crippen LogP contribution in [0.15, 0.2) is 11.6 Å². The molecule has 0 spiro atoms. The lowest BCUT2D eigenvalue weighted by molar-refractivity contribution is -0.136. The lowest BCUT2D eigenvalue weighted by Crippen LogP contribution is -2.23. The summed E-state index contributed by atoms with van der Waals surface area (Å²) in [4.78, 5) is 21.6. The minimum atomic E-state index is -1.25. The third-order valence-electron chi connectivity index (χ3n) is 2.33. The van der Waals surface area contributed by atoms with Crippen molar-refractivity contribution in [1.29, 1.82) is 0 Å². The molecule has 0 aliphatic carbocycles. The molecule has 0 radical (unpaired) electrons. The summed E-state index contributed by atoms with van der Waals surface area (Å²) in [6, 6.07) is 0. The van der Waals surface area contributed by atoms with E-state index in [0.29, 0.717) is 17.9 Å². The van der Waals surface area contributed by atoms with Crippen molar-refractivity contribution in [1.82, 2.24) is 0 Å². The first-order valence-electron chi connectivity index (χ1n) is 5.18. The molecule has 0 saturated heterocycles. The zero-order valence-corrected chi connectivity index (χ0v) is 10.8. The first kappa shape index (κ1) is 16.0. The van der Waals surface area contributed by atoms with Gasteiger partial charge in [-0.25, -0.2) is 9.59 Å². The zero-order valence-electron chi connectivity index (χ0n) is 9.97. The average Bonchev–Trinajstić information content (AvgIpc) is 2.20. The Morgan fingerprint density at radius 2 is 1.82 bits per heavy atom. The fourth-order valence-electron chi connectivity index (χ4n) is 1.30.